The highest BCUT2D eigenvalue weighted by molar-refractivity contribution is 5.75. The number of ether oxygens (including phenoxy) is 1. The summed E-state index contributed by atoms with van der Waals surface area (Å²) in [6.45, 7) is 0. The number of nitrogens with zero attached hydrogens (tertiary/aromatic N) is 1. The Kier molecular flexibility index (Phi) is 1.91. The van der Waals surface area contributed by atoms with E-state index in [0.717, 1.165) is 12.8 Å². The molecular formula is C7H9NO2. The van der Waals surface area contributed by atoms with E-state index in [1.54, 1.807) is 0 Å². The van der Waals surface area contributed by atoms with Gasteiger partial charge in [-0.25, -0.2) is 0 Å². The van der Waals surface area contributed by atoms with E-state index >= 15 is 0 Å². The number of hydrogen-bond acceptors (Lipinski definition) is 3. The molecule has 1 fully saturated rings. The standard InChI is InChI=1S/C7H9NO2/c1-10-7(9)6(4-8)5-2-3-5/h5-6H,2-3H2,1H3/t6-/m1/s1. The SMILES string of the molecule is COC(=O)[C@H](C#N)C1CC1. The zero-order chi connectivity index (χ0) is 7.56. The van der Waals surface area contributed by atoms with Crippen molar-refractivity contribution in [3.63, 3.8) is 0 Å². The quantitative estimate of drug-likeness (QED) is 0.529. The van der Waals surface area contributed by atoms with Crippen LogP contribution in [-0.2, 0) is 9.53 Å². The Morgan fingerprint density at radius 2 is 2.40 bits per heavy atom. The van der Waals surface area contributed by atoms with Crippen LogP contribution in [0.1, 0.15) is 12.8 Å². The number of esters is 1. The maximum atomic E-state index is 10.8. The predicted molar refractivity (Wildman–Crippen MR) is 33.8 cm³/mol. The number of nitriles is 1. The van der Waals surface area contributed by atoms with E-state index < -0.39 is 5.92 Å². The lowest BCUT2D eigenvalue weighted by atomic mass is 10.1. The van der Waals surface area contributed by atoms with Crippen molar-refractivity contribution < 1.29 is 9.53 Å². The van der Waals surface area contributed by atoms with Crippen molar-refractivity contribution in [1.82, 2.24) is 0 Å². The lowest BCUT2D eigenvalue weighted by Gasteiger charge is -2.02. The number of carbonyl (C=O) groups excluding carboxylic acids is 1. The van der Waals surface area contributed by atoms with E-state index in [1.165, 1.54) is 7.11 Å². The summed E-state index contributed by atoms with van der Waals surface area (Å²) >= 11 is 0. The van der Waals surface area contributed by atoms with E-state index in [2.05, 4.69) is 4.74 Å². The molecule has 0 amide bonds. The topological polar surface area (TPSA) is 50.1 Å². The molecule has 0 N–H and O–H groups in total. The Morgan fingerprint density at radius 1 is 1.80 bits per heavy atom. The first kappa shape index (κ1) is 7.07. The van der Waals surface area contributed by atoms with Gasteiger partial charge in [0.2, 0.25) is 0 Å². The largest absolute Gasteiger partial charge is 0.468 e. The van der Waals surface area contributed by atoms with Crippen LogP contribution in [0.25, 0.3) is 0 Å². The van der Waals surface area contributed by atoms with Gasteiger partial charge in [-0.1, -0.05) is 0 Å². The van der Waals surface area contributed by atoms with Gasteiger partial charge in [0, 0.05) is 0 Å². The van der Waals surface area contributed by atoms with Crippen LogP contribution in [0.3, 0.4) is 0 Å². The average Bonchev–Trinajstić information content (AvgIpc) is 2.73. The van der Waals surface area contributed by atoms with E-state index in [0.29, 0.717) is 0 Å². The highest BCUT2D eigenvalue weighted by Crippen LogP contribution is 2.36. The van der Waals surface area contributed by atoms with Gasteiger partial charge in [0.1, 0.15) is 5.92 Å². The third-order valence-electron chi connectivity index (χ3n) is 1.69. The summed E-state index contributed by atoms with van der Waals surface area (Å²) in [5.41, 5.74) is 0. The maximum Gasteiger partial charge on any atom is 0.323 e. The van der Waals surface area contributed by atoms with Gasteiger partial charge >= 0.3 is 5.97 Å². The van der Waals surface area contributed by atoms with Gasteiger partial charge in [-0.2, -0.15) is 5.26 Å². The van der Waals surface area contributed by atoms with Crippen molar-refractivity contribution in [3.05, 3.63) is 0 Å². The minimum Gasteiger partial charge on any atom is -0.468 e. The molecule has 3 nitrogen and oxygen atoms in total. The summed E-state index contributed by atoms with van der Waals surface area (Å²) in [6.07, 6.45) is 1.99. The van der Waals surface area contributed by atoms with Crippen LogP contribution >= 0.6 is 0 Å². The molecule has 1 saturated carbocycles. The Hall–Kier alpha value is -1.04. The van der Waals surface area contributed by atoms with E-state index in [4.69, 9.17) is 5.26 Å². The molecule has 0 heterocycles. The fraction of sp³-hybridized carbons (Fsp3) is 0.714. The lowest BCUT2D eigenvalue weighted by Crippen LogP contribution is -2.15. The normalized spacial score (nSPS) is 19.2. The summed E-state index contributed by atoms with van der Waals surface area (Å²) in [4.78, 5) is 10.8. The van der Waals surface area contributed by atoms with Gasteiger partial charge in [0.15, 0.2) is 0 Å². The molecule has 54 valence electrons. The van der Waals surface area contributed by atoms with Crippen molar-refractivity contribution >= 4 is 5.97 Å². The molecular weight excluding hydrogens is 130 g/mol. The monoisotopic (exact) mass is 139 g/mol. The minimum absolute atomic E-state index is 0.275. The van der Waals surface area contributed by atoms with Crippen LogP contribution in [0.15, 0.2) is 0 Å². The predicted octanol–water partition coefficient (Wildman–Crippen LogP) is 0.709. The molecule has 1 atom stereocenters. The highest BCUT2D eigenvalue weighted by atomic mass is 16.5. The molecule has 0 aliphatic heterocycles. The number of rotatable bonds is 2. The molecule has 0 aromatic heterocycles. The molecule has 1 aliphatic carbocycles. The fourth-order valence-corrected chi connectivity index (χ4v) is 0.907. The second kappa shape index (κ2) is 2.70. The second-order valence-corrected chi connectivity index (χ2v) is 2.47. The van der Waals surface area contributed by atoms with Gasteiger partial charge in [-0.05, 0) is 18.8 Å². The van der Waals surface area contributed by atoms with Crippen molar-refractivity contribution in [3.8, 4) is 6.07 Å². The van der Waals surface area contributed by atoms with E-state index in [-0.39, 0.29) is 11.9 Å². The summed E-state index contributed by atoms with van der Waals surface area (Å²) < 4.78 is 4.44. The second-order valence-electron chi connectivity index (χ2n) is 2.47. The van der Waals surface area contributed by atoms with Gasteiger partial charge in [0.25, 0.3) is 0 Å². The number of carbonyl (C=O) groups is 1. The zero-order valence-corrected chi connectivity index (χ0v) is 5.83. The van der Waals surface area contributed by atoms with Crippen LogP contribution < -0.4 is 0 Å². The maximum absolute atomic E-state index is 10.8. The third kappa shape index (κ3) is 1.27. The van der Waals surface area contributed by atoms with E-state index in [9.17, 15) is 4.79 Å². The molecule has 0 radical (unpaired) electrons. The fourth-order valence-electron chi connectivity index (χ4n) is 0.907. The molecule has 10 heavy (non-hydrogen) atoms. The van der Waals surface area contributed by atoms with Crippen molar-refractivity contribution in [2.24, 2.45) is 11.8 Å². The molecule has 0 spiro atoms. The molecule has 3 heteroatoms. The van der Waals surface area contributed by atoms with Crippen LogP contribution in [-0.4, -0.2) is 13.1 Å². The number of methoxy groups -OCH3 is 1. The Labute approximate surface area is 59.6 Å². The van der Waals surface area contributed by atoms with Crippen LogP contribution in [0.2, 0.25) is 0 Å². The molecule has 0 aromatic carbocycles. The summed E-state index contributed by atoms with van der Waals surface area (Å²) in [7, 11) is 1.31. The van der Waals surface area contributed by atoms with E-state index in [1.807, 2.05) is 6.07 Å². The molecule has 0 aromatic rings. The molecule has 0 saturated heterocycles. The third-order valence-corrected chi connectivity index (χ3v) is 1.69. The van der Waals surface area contributed by atoms with Gasteiger partial charge < -0.3 is 4.74 Å². The lowest BCUT2D eigenvalue weighted by molar-refractivity contribution is -0.144. The summed E-state index contributed by atoms with van der Waals surface area (Å²) in [6, 6.07) is 1.94. The zero-order valence-electron chi connectivity index (χ0n) is 5.83. The average molecular weight is 139 g/mol. The van der Waals surface area contributed by atoms with Gasteiger partial charge in [-0.3, -0.25) is 4.79 Å². The smallest absolute Gasteiger partial charge is 0.323 e. The van der Waals surface area contributed by atoms with Crippen LogP contribution in [0.5, 0.6) is 0 Å². The Balaban J connectivity index is 2.48. The first-order chi connectivity index (χ1) is 4.79. The molecule has 1 aliphatic rings. The highest BCUT2D eigenvalue weighted by Gasteiger charge is 2.36. The first-order valence-corrected chi connectivity index (χ1v) is 3.27. The minimum atomic E-state index is -0.509. The Morgan fingerprint density at radius 3 is 2.70 bits per heavy atom. The summed E-state index contributed by atoms with van der Waals surface area (Å²) in [5, 5.41) is 8.49. The molecule has 1 rings (SSSR count). The van der Waals surface area contributed by atoms with Crippen LogP contribution in [0.4, 0.5) is 0 Å². The summed E-state index contributed by atoms with van der Waals surface area (Å²) in [5.74, 6) is -0.618. The van der Waals surface area contributed by atoms with Crippen molar-refractivity contribution in [1.29, 1.82) is 5.26 Å². The van der Waals surface area contributed by atoms with Crippen LogP contribution in [0, 0.1) is 23.2 Å². The molecule has 0 unspecified atom stereocenters. The van der Waals surface area contributed by atoms with Gasteiger partial charge in [0.05, 0.1) is 13.2 Å². The number of hydrogen-bond donors (Lipinski definition) is 0. The van der Waals surface area contributed by atoms with Crippen molar-refractivity contribution in [2.45, 2.75) is 12.8 Å². The van der Waals surface area contributed by atoms with Crippen molar-refractivity contribution in [2.75, 3.05) is 7.11 Å². The van der Waals surface area contributed by atoms with Gasteiger partial charge in [-0.15, -0.1) is 0 Å². The molecule has 0 bridgehead atoms. The Bertz CT molecular complexity index is 179. The first-order valence-electron chi connectivity index (χ1n) is 3.27.